The Bertz CT molecular complexity index is 593. The van der Waals surface area contributed by atoms with E-state index in [1.807, 2.05) is 0 Å². The zero-order valence-electron chi connectivity index (χ0n) is 21.0. The largest absolute Gasteiger partial charge is 0.414 e. The number of rotatable bonds is 9. The second-order valence-corrected chi connectivity index (χ2v) is 15.5. The Balaban J connectivity index is 1.54. The van der Waals surface area contributed by atoms with Crippen molar-refractivity contribution in [2.45, 2.75) is 123 Å². The van der Waals surface area contributed by atoms with Gasteiger partial charge in [0, 0.05) is 19.1 Å². The lowest BCUT2D eigenvalue weighted by atomic mass is 9.61. The Morgan fingerprint density at radius 1 is 1.00 bits per heavy atom. The Labute approximate surface area is 193 Å². The molecule has 3 fully saturated rings. The molecule has 0 amide bonds. The van der Waals surface area contributed by atoms with Crippen molar-refractivity contribution in [3.05, 3.63) is 0 Å². The van der Waals surface area contributed by atoms with Crippen LogP contribution in [0.3, 0.4) is 0 Å². The number of fused-ring (bicyclic) bond motifs is 1. The van der Waals surface area contributed by atoms with E-state index in [9.17, 15) is 0 Å². The predicted octanol–water partition coefficient (Wildman–Crippen LogP) is 7.17. The summed E-state index contributed by atoms with van der Waals surface area (Å²) in [6, 6.07) is 3.80. The average Bonchev–Trinajstić information content (AvgIpc) is 3.16. The summed E-state index contributed by atoms with van der Waals surface area (Å²) in [4.78, 5) is 0. The van der Waals surface area contributed by atoms with Crippen LogP contribution in [0.2, 0.25) is 18.1 Å². The van der Waals surface area contributed by atoms with Gasteiger partial charge >= 0.3 is 0 Å². The second-order valence-electron chi connectivity index (χ2n) is 10.7. The third kappa shape index (κ3) is 5.97. The molecule has 0 radical (unpaired) electrons. The molecule has 1 aliphatic heterocycles. The number of hydrogen-bond donors (Lipinski definition) is 0. The van der Waals surface area contributed by atoms with Crippen molar-refractivity contribution in [2.24, 2.45) is 23.2 Å². The van der Waals surface area contributed by atoms with E-state index in [1.54, 1.807) is 0 Å². The fourth-order valence-electron chi connectivity index (χ4n) is 6.96. The highest BCUT2D eigenvalue weighted by atomic mass is 28.4. The van der Waals surface area contributed by atoms with Crippen LogP contribution in [-0.2, 0) is 13.9 Å². The minimum Gasteiger partial charge on any atom is -0.414 e. The number of hydrogen-bond acceptors (Lipinski definition) is 3. The standard InChI is InChI=1S/C27H48O3Si/c1-6-31(7-2,8-3)30-25-15-13-19-27(5)23(17-18-24(25)27)22(4)14-9-11-20-28-26-16-10-12-21-29-26/h22-26H,6-8,10,12-21H2,1-5H3. The Morgan fingerprint density at radius 2 is 1.77 bits per heavy atom. The molecule has 4 heteroatoms. The van der Waals surface area contributed by atoms with Gasteiger partial charge in [0.1, 0.15) is 6.61 Å². The van der Waals surface area contributed by atoms with Gasteiger partial charge in [-0.05, 0) is 86.2 Å². The van der Waals surface area contributed by atoms with Gasteiger partial charge in [0.2, 0.25) is 0 Å². The van der Waals surface area contributed by atoms with E-state index in [0.717, 1.165) is 37.7 Å². The lowest BCUT2D eigenvalue weighted by Gasteiger charge is -2.48. The van der Waals surface area contributed by atoms with Crippen molar-refractivity contribution >= 4 is 8.32 Å². The Morgan fingerprint density at radius 3 is 2.45 bits per heavy atom. The fourth-order valence-corrected chi connectivity index (χ4v) is 9.88. The van der Waals surface area contributed by atoms with Crippen LogP contribution in [-0.4, -0.2) is 33.9 Å². The van der Waals surface area contributed by atoms with Crippen LogP contribution in [0.1, 0.15) is 92.4 Å². The third-order valence-corrected chi connectivity index (χ3v) is 13.9. The molecule has 0 N–H and O–H groups in total. The molecule has 0 aromatic carbocycles. The average molecular weight is 449 g/mol. The Kier molecular flexibility index (Phi) is 9.53. The van der Waals surface area contributed by atoms with Gasteiger partial charge < -0.3 is 13.9 Å². The van der Waals surface area contributed by atoms with Gasteiger partial charge in [-0.15, -0.1) is 5.92 Å². The summed E-state index contributed by atoms with van der Waals surface area (Å²) < 4.78 is 18.5. The van der Waals surface area contributed by atoms with E-state index in [0.29, 0.717) is 24.0 Å². The molecule has 3 nitrogen and oxygen atoms in total. The van der Waals surface area contributed by atoms with Crippen LogP contribution < -0.4 is 0 Å². The summed E-state index contributed by atoms with van der Waals surface area (Å²) in [7, 11) is -1.54. The molecule has 0 aromatic rings. The molecule has 0 bridgehead atoms. The zero-order chi connectivity index (χ0) is 22.3. The summed E-state index contributed by atoms with van der Waals surface area (Å²) in [6.45, 7) is 13.5. The molecule has 2 saturated carbocycles. The quantitative estimate of drug-likeness (QED) is 0.276. The Hall–Kier alpha value is -0.343. The zero-order valence-corrected chi connectivity index (χ0v) is 22.0. The maximum atomic E-state index is 7.09. The summed E-state index contributed by atoms with van der Waals surface area (Å²) in [5.74, 6) is 8.88. The molecule has 1 heterocycles. The second kappa shape index (κ2) is 11.7. The van der Waals surface area contributed by atoms with Gasteiger partial charge in [0.25, 0.3) is 0 Å². The first-order valence-electron chi connectivity index (χ1n) is 13.3. The van der Waals surface area contributed by atoms with Gasteiger partial charge in [-0.25, -0.2) is 0 Å². The molecule has 0 aromatic heterocycles. The summed E-state index contributed by atoms with van der Waals surface area (Å²) >= 11 is 0. The molecule has 3 aliphatic rings. The minimum atomic E-state index is -1.54. The number of ether oxygens (including phenoxy) is 2. The van der Waals surface area contributed by atoms with Gasteiger partial charge in [-0.1, -0.05) is 47.0 Å². The fraction of sp³-hybridized carbons (Fsp3) is 0.926. The van der Waals surface area contributed by atoms with Crippen LogP contribution in [0.5, 0.6) is 0 Å². The van der Waals surface area contributed by atoms with Crippen LogP contribution in [0.15, 0.2) is 0 Å². The van der Waals surface area contributed by atoms with Gasteiger partial charge in [0.05, 0.1) is 0 Å². The summed E-state index contributed by atoms with van der Waals surface area (Å²) in [5, 5.41) is 0. The van der Waals surface area contributed by atoms with E-state index in [4.69, 9.17) is 13.9 Å². The first-order valence-corrected chi connectivity index (χ1v) is 15.9. The van der Waals surface area contributed by atoms with Gasteiger partial charge in [-0.3, -0.25) is 0 Å². The van der Waals surface area contributed by atoms with Crippen molar-refractivity contribution in [2.75, 3.05) is 13.2 Å². The van der Waals surface area contributed by atoms with Crippen molar-refractivity contribution < 1.29 is 13.9 Å². The molecule has 6 atom stereocenters. The molecule has 0 spiro atoms. The van der Waals surface area contributed by atoms with Crippen LogP contribution in [0.4, 0.5) is 0 Å². The highest BCUT2D eigenvalue weighted by molar-refractivity contribution is 6.73. The van der Waals surface area contributed by atoms with Crippen LogP contribution in [0.25, 0.3) is 0 Å². The maximum absolute atomic E-state index is 7.09. The first kappa shape index (κ1) is 25.3. The molecule has 1 saturated heterocycles. The van der Waals surface area contributed by atoms with Gasteiger partial charge in [0.15, 0.2) is 14.6 Å². The topological polar surface area (TPSA) is 27.7 Å². The van der Waals surface area contributed by atoms with E-state index in [2.05, 4.69) is 46.5 Å². The summed E-state index contributed by atoms with van der Waals surface area (Å²) in [6.07, 6.45) is 11.6. The van der Waals surface area contributed by atoms with Crippen molar-refractivity contribution in [3.63, 3.8) is 0 Å². The molecular weight excluding hydrogens is 400 g/mol. The van der Waals surface area contributed by atoms with Crippen molar-refractivity contribution in [1.29, 1.82) is 0 Å². The van der Waals surface area contributed by atoms with Crippen LogP contribution >= 0.6 is 0 Å². The summed E-state index contributed by atoms with van der Waals surface area (Å²) in [5.41, 5.74) is 0.436. The van der Waals surface area contributed by atoms with E-state index in [-0.39, 0.29) is 6.29 Å². The van der Waals surface area contributed by atoms with E-state index in [1.165, 1.54) is 56.7 Å². The van der Waals surface area contributed by atoms with E-state index >= 15 is 0 Å². The van der Waals surface area contributed by atoms with Gasteiger partial charge in [-0.2, -0.15) is 0 Å². The lowest BCUT2D eigenvalue weighted by molar-refractivity contribution is -0.154. The molecule has 178 valence electrons. The molecule has 3 rings (SSSR count). The van der Waals surface area contributed by atoms with Crippen LogP contribution in [0, 0.1) is 35.0 Å². The van der Waals surface area contributed by atoms with Crippen molar-refractivity contribution in [3.8, 4) is 11.8 Å². The molecule has 31 heavy (non-hydrogen) atoms. The lowest BCUT2D eigenvalue weighted by Crippen LogP contribution is -2.48. The molecule has 6 unspecified atom stereocenters. The monoisotopic (exact) mass is 448 g/mol. The minimum absolute atomic E-state index is 0.0285. The molecular formula is C27H48O3Si. The third-order valence-electron chi connectivity index (χ3n) is 9.19. The first-order chi connectivity index (χ1) is 15.0. The maximum Gasteiger partial charge on any atom is 0.192 e. The molecule has 2 aliphatic carbocycles. The smallest absolute Gasteiger partial charge is 0.192 e. The highest BCUT2D eigenvalue weighted by Gasteiger charge is 2.53. The highest BCUT2D eigenvalue weighted by Crippen LogP contribution is 2.59. The van der Waals surface area contributed by atoms with E-state index < -0.39 is 8.32 Å². The predicted molar refractivity (Wildman–Crippen MR) is 131 cm³/mol. The SMILES string of the molecule is CC[Si](CC)(CC)OC1CCCC2(C)C(C(C)CC#CCOC3CCCCO3)CCC12. The normalized spacial score (nSPS) is 34.6. The van der Waals surface area contributed by atoms with Crippen molar-refractivity contribution in [1.82, 2.24) is 0 Å².